The summed E-state index contributed by atoms with van der Waals surface area (Å²) in [7, 11) is 0. The van der Waals surface area contributed by atoms with E-state index in [0.717, 1.165) is 5.56 Å². The molecule has 0 aliphatic carbocycles. The van der Waals surface area contributed by atoms with Gasteiger partial charge < -0.3 is 10.6 Å². The van der Waals surface area contributed by atoms with Crippen LogP contribution in [0.25, 0.3) is 0 Å². The van der Waals surface area contributed by atoms with Crippen LogP contribution >= 0.6 is 0 Å². The number of nitrogens with one attached hydrogen (secondary N) is 2. The Kier molecular flexibility index (Phi) is 5.38. The Morgan fingerprint density at radius 3 is 1.96 bits per heavy atom. The van der Waals surface area contributed by atoms with E-state index in [1.807, 2.05) is 18.2 Å². The van der Waals surface area contributed by atoms with Gasteiger partial charge in [-0.1, -0.05) is 37.3 Å². The maximum Gasteiger partial charge on any atom is 0.319 e. The predicted molar refractivity (Wildman–Crippen MR) is 78.1 cm³/mol. The van der Waals surface area contributed by atoms with Crippen molar-refractivity contribution >= 4 is 11.7 Å². The van der Waals surface area contributed by atoms with E-state index in [1.54, 1.807) is 24.4 Å². The Hall–Kier alpha value is -2.64. The first-order chi connectivity index (χ1) is 11.3. The Morgan fingerprint density at radius 2 is 1.42 bits per heavy atom. The van der Waals surface area contributed by atoms with Gasteiger partial charge in [0.15, 0.2) is 23.3 Å². The zero-order chi connectivity index (χ0) is 17.9. The van der Waals surface area contributed by atoms with Crippen LogP contribution in [0.1, 0.15) is 18.4 Å². The Balaban J connectivity index is 2.06. The second kappa shape index (κ2) is 7.29. The number of carbonyl (C=O) groups is 1. The number of halogens is 5. The molecular weight excluding hydrogens is 331 g/mol. The quantitative estimate of drug-likeness (QED) is 0.484. The SMILES string of the molecule is CC(CNC(=O)Nc1c(F)c(F)c(F)c(F)c1F)c1ccccc1. The van der Waals surface area contributed by atoms with Gasteiger partial charge in [0.05, 0.1) is 0 Å². The highest BCUT2D eigenvalue weighted by Gasteiger charge is 2.26. The smallest absolute Gasteiger partial charge is 0.319 e. The van der Waals surface area contributed by atoms with E-state index in [0.29, 0.717) is 0 Å². The van der Waals surface area contributed by atoms with Gasteiger partial charge in [-0.3, -0.25) is 0 Å². The summed E-state index contributed by atoms with van der Waals surface area (Å²) in [6, 6.07) is 8.00. The molecule has 0 aromatic heterocycles. The van der Waals surface area contributed by atoms with E-state index in [1.165, 1.54) is 0 Å². The first kappa shape index (κ1) is 17.7. The maximum absolute atomic E-state index is 13.5. The van der Waals surface area contributed by atoms with Crippen molar-refractivity contribution in [3.8, 4) is 0 Å². The molecule has 0 spiro atoms. The topological polar surface area (TPSA) is 41.1 Å². The molecule has 24 heavy (non-hydrogen) atoms. The third-order valence-corrected chi connectivity index (χ3v) is 3.39. The van der Waals surface area contributed by atoms with Crippen molar-refractivity contribution < 1.29 is 26.7 Å². The van der Waals surface area contributed by atoms with Crippen LogP contribution in [0.4, 0.5) is 32.4 Å². The zero-order valence-corrected chi connectivity index (χ0v) is 12.5. The third-order valence-electron chi connectivity index (χ3n) is 3.39. The molecule has 0 saturated carbocycles. The summed E-state index contributed by atoms with van der Waals surface area (Å²) in [6.45, 7) is 1.90. The lowest BCUT2D eigenvalue weighted by atomic mass is 10.0. The van der Waals surface area contributed by atoms with Crippen LogP contribution in [0, 0.1) is 29.1 Å². The largest absolute Gasteiger partial charge is 0.337 e. The van der Waals surface area contributed by atoms with Gasteiger partial charge in [0.25, 0.3) is 0 Å². The average Bonchev–Trinajstić information content (AvgIpc) is 2.60. The summed E-state index contributed by atoms with van der Waals surface area (Å²) < 4.78 is 66.0. The summed E-state index contributed by atoms with van der Waals surface area (Å²) >= 11 is 0. The Labute approximate surface area is 134 Å². The molecule has 2 rings (SSSR count). The van der Waals surface area contributed by atoms with Gasteiger partial charge >= 0.3 is 6.03 Å². The van der Waals surface area contributed by atoms with Crippen LogP contribution in [-0.2, 0) is 0 Å². The van der Waals surface area contributed by atoms with Crippen molar-refractivity contribution in [2.75, 3.05) is 11.9 Å². The third kappa shape index (κ3) is 3.64. The van der Waals surface area contributed by atoms with Gasteiger partial charge in [-0.15, -0.1) is 0 Å². The molecule has 2 N–H and O–H groups in total. The minimum Gasteiger partial charge on any atom is -0.337 e. The highest BCUT2D eigenvalue weighted by atomic mass is 19.2. The molecule has 3 nitrogen and oxygen atoms in total. The van der Waals surface area contributed by atoms with Crippen LogP contribution in [-0.4, -0.2) is 12.6 Å². The standard InChI is InChI=1S/C16H13F5N2O/c1-8(9-5-3-2-4-6-9)7-22-16(24)23-15-13(20)11(18)10(17)12(19)14(15)21/h2-6,8H,7H2,1H3,(H2,22,23,24). The van der Waals surface area contributed by atoms with E-state index in [2.05, 4.69) is 5.32 Å². The number of hydrogen-bond donors (Lipinski definition) is 2. The number of carbonyl (C=O) groups excluding carboxylic acids is 1. The van der Waals surface area contributed by atoms with Crippen LogP contribution in [0.5, 0.6) is 0 Å². The Morgan fingerprint density at radius 1 is 0.917 bits per heavy atom. The molecule has 0 fully saturated rings. The number of benzene rings is 2. The van der Waals surface area contributed by atoms with E-state index < -0.39 is 40.8 Å². The second-order valence-corrected chi connectivity index (χ2v) is 5.09. The molecule has 0 radical (unpaired) electrons. The van der Waals surface area contributed by atoms with E-state index >= 15 is 0 Å². The van der Waals surface area contributed by atoms with Crippen LogP contribution in [0.2, 0.25) is 0 Å². The number of anilines is 1. The van der Waals surface area contributed by atoms with Gasteiger partial charge in [0.2, 0.25) is 5.82 Å². The van der Waals surface area contributed by atoms with Gasteiger partial charge in [-0.05, 0) is 11.5 Å². The molecule has 2 aromatic carbocycles. The van der Waals surface area contributed by atoms with E-state index in [4.69, 9.17) is 0 Å². The zero-order valence-electron chi connectivity index (χ0n) is 12.5. The van der Waals surface area contributed by atoms with Crippen LogP contribution < -0.4 is 10.6 Å². The molecule has 2 aromatic rings. The molecule has 1 atom stereocenters. The predicted octanol–water partition coefficient (Wildman–Crippen LogP) is 4.31. The van der Waals surface area contributed by atoms with Crippen molar-refractivity contribution in [2.45, 2.75) is 12.8 Å². The lowest BCUT2D eigenvalue weighted by molar-refractivity contribution is 0.251. The summed E-state index contributed by atoms with van der Waals surface area (Å²) in [6.07, 6.45) is 0. The van der Waals surface area contributed by atoms with Crippen molar-refractivity contribution in [1.82, 2.24) is 5.32 Å². The van der Waals surface area contributed by atoms with Crippen molar-refractivity contribution in [2.24, 2.45) is 0 Å². The molecule has 0 aliphatic heterocycles. The van der Waals surface area contributed by atoms with Gasteiger partial charge in [-0.2, -0.15) is 0 Å². The molecule has 1 unspecified atom stereocenters. The Bertz CT molecular complexity index is 723. The maximum atomic E-state index is 13.5. The second-order valence-electron chi connectivity index (χ2n) is 5.09. The fraction of sp³-hybridized carbons (Fsp3) is 0.188. The minimum absolute atomic E-state index is 0.102. The average molecular weight is 344 g/mol. The molecule has 0 heterocycles. The van der Waals surface area contributed by atoms with Gasteiger partial charge in [0, 0.05) is 6.54 Å². The summed E-state index contributed by atoms with van der Waals surface area (Å²) in [5.41, 5.74) is -0.481. The molecule has 0 aliphatic rings. The first-order valence-corrected chi connectivity index (χ1v) is 6.94. The van der Waals surface area contributed by atoms with E-state index in [-0.39, 0.29) is 12.5 Å². The van der Waals surface area contributed by atoms with Crippen molar-refractivity contribution in [1.29, 1.82) is 0 Å². The number of amides is 2. The normalized spacial score (nSPS) is 11.9. The molecule has 2 amide bonds. The van der Waals surface area contributed by atoms with Gasteiger partial charge in [0.1, 0.15) is 5.69 Å². The lowest BCUT2D eigenvalue weighted by Crippen LogP contribution is -2.32. The van der Waals surface area contributed by atoms with Crippen LogP contribution in [0.3, 0.4) is 0 Å². The highest BCUT2D eigenvalue weighted by Crippen LogP contribution is 2.27. The monoisotopic (exact) mass is 344 g/mol. The van der Waals surface area contributed by atoms with Gasteiger partial charge in [-0.25, -0.2) is 26.7 Å². The highest BCUT2D eigenvalue weighted by molar-refractivity contribution is 5.89. The summed E-state index contributed by atoms with van der Waals surface area (Å²) in [5, 5.41) is 3.96. The fourth-order valence-electron chi connectivity index (χ4n) is 2.02. The minimum atomic E-state index is -2.28. The van der Waals surface area contributed by atoms with Crippen molar-refractivity contribution in [3.05, 3.63) is 65.0 Å². The first-order valence-electron chi connectivity index (χ1n) is 6.94. The summed E-state index contributed by atoms with van der Waals surface area (Å²) in [5.74, 6) is -10.8. The number of rotatable bonds is 4. The molecule has 8 heteroatoms. The fourth-order valence-corrected chi connectivity index (χ4v) is 2.02. The van der Waals surface area contributed by atoms with Crippen molar-refractivity contribution in [3.63, 3.8) is 0 Å². The lowest BCUT2D eigenvalue weighted by Gasteiger charge is -2.14. The molecule has 0 saturated heterocycles. The molecule has 128 valence electrons. The molecular formula is C16H13F5N2O. The number of hydrogen-bond acceptors (Lipinski definition) is 1. The molecule has 0 bridgehead atoms. The summed E-state index contributed by atoms with van der Waals surface area (Å²) in [4.78, 5) is 11.7. The van der Waals surface area contributed by atoms with Crippen LogP contribution in [0.15, 0.2) is 30.3 Å². The number of urea groups is 1. The van der Waals surface area contributed by atoms with E-state index in [9.17, 15) is 26.7 Å².